The van der Waals surface area contributed by atoms with Gasteiger partial charge < -0.3 is 16.4 Å². The normalized spacial score (nSPS) is 35.6. The third-order valence-corrected chi connectivity index (χ3v) is 5.89. The van der Waals surface area contributed by atoms with E-state index in [1.54, 1.807) is 0 Å². The Bertz CT molecular complexity index is 431. The molecule has 4 N–H and O–H groups in total. The van der Waals surface area contributed by atoms with E-state index < -0.39 is 6.04 Å². The van der Waals surface area contributed by atoms with E-state index in [1.165, 1.54) is 19.3 Å². The highest BCUT2D eigenvalue weighted by Crippen LogP contribution is 2.55. The third kappa shape index (κ3) is 4.00. The van der Waals surface area contributed by atoms with Crippen molar-refractivity contribution in [1.29, 1.82) is 0 Å². The van der Waals surface area contributed by atoms with Crippen LogP contribution in [0.4, 0.5) is 0 Å². The van der Waals surface area contributed by atoms with Crippen LogP contribution in [0.2, 0.25) is 0 Å². The van der Waals surface area contributed by atoms with Crippen LogP contribution < -0.4 is 16.4 Å². The minimum atomic E-state index is -0.549. The lowest BCUT2D eigenvalue weighted by molar-refractivity contribution is -0.130. The van der Waals surface area contributed by atoms with Gasteiger partial charge in [-0.05, 0) is 62.2 Å². The summed E-state index contributed by atoms with van der Waals surface area (Å²) in [4.78, 5) is 24.1. The van der Waals surface area contributed by atoms with Crippen LogP contribution in [-0.2, 0) is 9.59 Å². The van der Waals surface area contributed by atoms with Crippen molar-refractivity contribution >= 4 is 24.2 Å². The molecule has 0 heterocycles. The SMILES string of the molecule is CC(C)[C@H](N)C(=O)NCC(=O)NC12CC3CC(CC(C3)C1)C2.Cl. The maximum absolute atomic E-state index is 12.3. The molecule has 4 fully saturated rings. The molecule has 4 saturated carbocycles. The fourth-order valence-electron chi connectivity index (χ4n) is 5.19. The number of halogens is 1. The summed E-state index contributed by atoms with van der Waals surface area (Å²) in [5.41, 5.74) is 5.80. The first-order valence-corrected chi connectivity index (χ1v) is 8.71. The quantitative estimate of drug-likeness (QED) is 0.708. The molecule has 0 aromatic rings. The molecular weight excluding hydrogens is 314 g/mol. The van der Waals surface area contributed by atoms with Gasteiger partial charge in [-0.2, -0.15) is 0 Å². The lowest BCUT2D eigenvalue weighted by atomic mass is 9.53. The summed E-state index contributed by atoms with van der Waals surface area (Å²) >= 11 is 0. The molecule has 5 nitrogen and oxygen atoms in total. The standard InChI is InChI=1S/C17H29N3O2.ClH/c1-10(2)15(18)16(22)19-9-14(21)20-17-6-11-3-12(7-17)5-13(4-11)8-17;/h10-13,15H,3-9,18H2,1-2H3,(H,19,22)(H,20,21);1H/t11?,12?,13?,15-,17?;/m0./s1. The first kappa shape index (κ1) is 18.5. The van der Waals surface area contributed by atoms with Gasteiger partial charge >= 0.3 is 0 Å². The van der Waals surface area contributed by atoms with Crippen molar-refractivity contribution in [3.05, 3.63) is 0 Å². The van der Waals surface area contributed by atoms with Gasteiger partial charge in [0, 0.05) is 5.54 Å². The number of carbonyl (C=O) groups excluding carboxylic acids is 2. The Balaban J connectivity index is 0.00000192. The number of amides is 2. The highest BCUT2D eigenvalue weighted by molar-refractivity contribution is 5.87. The molecule has 0 radical (unpaired) electrons. The minimum Gasteiger partial charge on any atom is -0.349 e. The van der Waals surface area contributed by atoms with Crippen molar-refractivity contribution in [1.82, 2.24) is 10.6 Å². The molecule has 4 rings (SSSR count). The van der Waals surface area contributed by atoms with Crippen molar-refractivity contribution in [3.63, 3.8) is 0 Å². The third-order valence-electron chi connectivity index (χ3n) is 5.89. The molecule has 0 aromatic heterocycles. The molecule has 0 spiro atoms. The van der Waals surface area contributed by atoms with E-state index in [0.29, 0.717) is 0 Å². The molecule has 0 saturated heterocycles. The first-order chi connectivity index (χ1) is 10.4. The van der Waals surface area contributed by atoms with E-state index in [1.807, 2.05) is 13.8 Å². The van der Waals surface area contributed by atoms with Crippen molar-refractivity contribution < 1.29 is 9.59 Å². The summed E-state index contributed by atoms with van der Waals surface area (Å²) in [5.74, 6) is 2.18. The van der Waals surface area contributed by atoms with Gasteiger partial charge in [-0.1, -0.05) is 13.8 Å². The van der Waals surface area contributed by atoms with E-state index in [0.717, 1.165) is 37.0 Å². The summed E-state index contributed by atoms with van der Waals surface area (Å²) < 4.78 is 0. The van der Waals surface area contributed by atoms with Crippen molar-refractivity contribution in [3.8, 4) is 0 Å². The van der Waals surface area contributed by atoms with Gasteiger partial charge in [0.25, 0.3) is 0 Å². The summed E-state index contributed by atoms with van der Waals surface area (Å²) in [6, 6.07) is -0.549. The number of rotatable bonds is 5. The van der Waals surface area contributed by atoms with Gasteiger partial charge in [0.15, 0.2) is 0 Å². The van der Waals surface area contributed by atoms with Gasteiger partial charge in [-0.25, -0.2) is 0 Å². The number of nitrogens with two attached hydrogens (primary N) is 1. The molecule has 132 valence electrons. The van der Waals surface area contributed by atoms with Crippen molar-refractivity contribution in [2.45, 2.75) is 64.0 Å². The molecule has 6 heteroatoms. The topological polar surface area (TPSA) is 84.2 Å². The van der Waals surface area contributed by atoms with Crippen LogP contribution in [-0.4, -0.2) is 29.9 Å². The van der Waals surface area contributed by atoms with Crippen molar-refractivity contribution in [2.24, 2.45) is 29.4 Å². The summed E-state index contributed by atoms with van der Waals surface area (Å²) in [6.45, 7) is 3.85. The largest absolute Gasteiger partial charge is 0.349 e. The Morgan fingerprint density at radius 3 is 2.00 bits per heavy atom. The molecular formula is C17H30ClN3O2. The van der Waals surface area contributed by atoms with Crippen LogP contribution in [0.25, 0.3) is 0 Å². The van der Waals surface area contributed by atoms with Gasteiger partial charge in [-0.3, -0.25) is 9.59 Å². The van der Waals surface area contributed by atoms with Crippen LogP contribution in [0, 0.1) is 23.7 Å². The average Bonchev–Trinajstić information content (AvgIpc) is 2.41. The number of nitrogens with one attached hydrogen (secondary N) is 2. The zero-order valence-corrected chi connectivity index (χ0v) is 15.0. The van der Waals surface area contributed by atoms with Crippen LogP contribution in [0.15, 0.2) is 0 Å². The average molecular weight is 344 g/mol. The Hall–Kier alpha value is -0.810. The van der Waals surface area contributed by atoms with Gasteiger partial charge in [0.05, 0.1) is 12.6 Å². The lowest BCUT2D eigenvalue weighted by Crippen LogP contribution is -2.61. The Morgan fingerprint density at radius 2 is 1.57 bits per heavy atom. The molecule has 0 unspecified atom stereocenters. The fourth-order valence-corrected chi connectivity index (χ4v) is 5.19. The van der Waals surface area contributed by atoms with E-state index in [-0.39, 0.29) is 42.2 Å². The maximum atomic E-state index is 12.3. The Kier molecular flexibility index (Phi) is 5.62. The van der Waals surface area contributed by atoms with Crippen LogP contribution in [0.1, 0.15) is 52.4 Å². The Morgan fingerprint density at radius 1 is 1.09 bits per heavy atom. The monoisotopic (exact) mass is 343 g/mol. The molecule has 0 aliphatic heterocycles. The van der Waals surface area contributed by atoms with Gasteiger partial charge in [0.1, 0.15) is 0 Å². The fraction of sp³-hybridized carbons (Fsp3) is 0.882. The second-order valence-electron chi connectivity index (χ2n) is 8.23. The van der Waals surface area contributed by atoms with E-state index >= 15 is 0 Å². The number of carbonyl (C=O) groups is 2. The zero-order chi connectivity index (χ0) is 15.9. The number of hydrogen-bond donors (Lipinski definition) is 3. The van der Waals surface area contributed by atoms with Gasteiger partial charge in [0.2, 0.25) is 11.8 Å². The first-order valence-electron chi connectivity index (χ1n) is 8.71. The van der Waals surface area contributed by atoms with Gasteiger partial charge in [-0.15, -0.1) is 12.4 Å². The van der Waals surface area contributed by atoms with E-state index in [2.05, 4.69) is 10.6 Å². The number of hydrogen-bond acceptors (Lipinski definition) is 3. The van der Waals surface area contributed by atoms with Crippen molar-refractivity contribution in [2.75, 3.05) is 6.54 Å². The summed E-state index contributed by atoms with van der Waals surface area (Å²) in [5, 5.41) is 5.92. The minimum absolute atomic E-state index is 0. The van der Waals surface area contributed by atoms with E-state index in [9.17, 15) is 9.59 Å². The van der Waals surface area contributed by atoms with Crippen LogP contribution >= 0.6 is 12.4 Å². The van der Waals surface area contributed by atoms with Crippen LogP contribution in [0.5, 0.6) is 0 Å². The van der Waals surface area contributed by atoms with Crippen LogP contribution in [0.3, 0.4) is 0 Å². The molecule has 2 amide bonds. The highest BCUT2D eigenvalue weighted by atomic mass is 35.5. The smallest absolute Gasteiger partial charge is 0.239 e. The summed E-state index contributed by atoms with van der Waals surface area (Å²) in [7, 11) is 0. The maximum Gasteiger partial charge on any atom is 0.239 e. The molecule has 1 atom stereocenters. The lowest BCUT2D eigenvalue weighted by Gasteiger charge is -2.56. The predicted molar refractivity (Wildman–Crippen MR) is 92.1 cm³/mol. The van der Waals surface area contributed by atoms with E-state index in [4.69, 9.17) is 5.73 Å². The second kappa shape index (κ2) is 6.98. The molecule has 23 heavy (non-hydrogen) atoms. The molecule has 4 aliphatic carbocycles. The second-order valence-corrected chi connectivity index (χ2v) is 8.23. The highest BCUT2D eigenvalue weighted by Gasteiger charge is 2.51. The Labute approximate surface area is 144 Å². The molecule has 0 aromatic carbocycles. The molecule has 4 bridgehead atoms. The predicted octanol–water partition coefficient (Wildman–Crippen LogP) is 1.59. The molecule has 4 aliphatic rings. The zero-order valence-electron chi connectivity index (χ0n) is 14.1. The summed E-state index contributed by atoms with van der Waals surface area (Å²) in [6.07, 6.45) is 7.46.